The standard InChI is InChI=1S/C12H19ClN2O2/c1-9(16)17-10(8-13)15-7-5-6-14-11(15)12(2,3)4/h5-6,10H,7-8H2,1-4H3. The zero-order valence-corrected chi connectivity index (χ0v) is 11.5. The maximum Gasteiger partial charge on any atom is 0.304 e. The molecule has 0 bridgehead atoms. The van der Waals surface area contributed by atoms with Gasteiger partial charge in [0.25, 0.3) is 0 Å². The Morgan fingerprint density at radius 2 is 2.29 bits per heavy atom. The van der Waals surface area contributed by atoms with Gasteiger partial charge in [-0.1, -0.05) is 20.8 Å². The third kappa shape index (κ3) is 3.73. The first-order chi connectivity index (χ1) is 7.86. The molecular formula is C12H19ClN2O2. The molecular weight excluding hydrogens is 240 g/mol. The van der Waals surface area contributed by atoms with Gasteiger partial charge in [0.15, 0.2) is 6.23 Å². The second kappa shape index (κ2) is 5.54. The number of hydrogen-bond acceptors (Lipinski definition) is 4. The van der Waals surface area contributed by atoms with Crippen molar-refractivity contribution >= 4 is 23.4 Å². The van der Waals surface area contributed by atoms with E-state index in [1.807, 2.05) is 11.0 Å². The number of ether oxygens (including phenoxy) is 1. The van der Waals surface area contributed by atoms with Crippen LogP contribution in [0.3, 0.4) is 0 Å². The third-order valence-corrected chi connectivity index (χ3v) is 2.59. The van der Waals surface area contributed by atoms with Gasteiger partial charge in [-0.3, -0.25) is 4.79 Å². The highest BCUT2D eigenvalue weighted by Crippen LogP contribution is 2.23. The predicted octanol–water partition coefficient (Wildman–Crippen LogP) is 2.39. The van der Waals surface area contributed by atoms with Gasteiger partial charge < -0.3 is 9.64 Å². The van der Waals surface area contributed by atoms with Crippen LogP contribution in [0.25, 0.3) is 0 Å². The molecule has 5 heteroatoms. The Labute approximate surface area is 107 Å². The van der Waals surface area contributed by atoms with Crippen LogP contribution in [0.5, 0.6) is 0 Å². The molecule has 0 aliphatic carbocycles. The van der Waals surface area contributed by atoms with Gasteiger partial charge in [0.2, 0.25) is 0 Å². The smallest absolute Gasteiger partial charge is 0.304 e. The molecule has 4 nitrogen and oxygen atoms in total. The third-order valence-electron chi connectivity index (χ3n) is 2.33. The minimum atomic E-state index is -0.461. The minimum Gasteiger partial charge on any atom is -0.440 e. The highest BCUT2D eigenvalue weighted by Gasteiger charge is 2.31. The average molecular weight is 259 g/mol. The topological polar surface area (TPSA) is 41.9 Å². The molecule has 0 spiro atoms. The quantitative estimate of drug-likeness (QED) is 0.577. The molecule has 0 saturated heterocycles. The summed E-state index contributed by atoms with van der Waals surface area (Å²) in [5, 5.41) is 0. The lowest BCUT2D eigenvalue weighted by molar-refractivity contribution is -0.151. The van der Waals surface area contributed by atoms with E-state index in [-0.39, 0.29) is 17.3 Å². The van der Waals surface area contributed by atoms with E-state index in [2.05, 4.69) is 25.8 Å². The molecule has 1 rings (SSSR count). The fourth-order valence-electron chi connectivity index (χ4n) is 1.69. The number of alkyl halides is 1. The number of esters is 1. The maximum absolute atomic E-state index is 11.0. The predicted molar refractivity (Wildman–Crippen MR) is 69.0 cm³/mol. The van der Waals surface area contributed by atoms with Crippen molar-refractivity contribution < 1.29 is 9.53 Å². The summed E-state index contributed by atoms with van der Waals surface area (Å²) >= 11 is 5.86. The average Bonchev–Trinajstić information content (AvgIpc) is 2.24. The van der Waals surface area contributed by atoms with Gasteiger partial charge in [0.1, 0.15) is 5.84 Å². The van der Waals surface area contributed by atoms with Gasteiger partial charge in [-0.05, 0) is 6.08 Å². The van der Waals surface area contributed by atoms with E-state index in [1.54, 1.807) is 6.20 Å². The zero-order chi connectivity index (χ0) is 13.1. The van der Waals surface area contributed by atoms with Crippen LogP contribution in [0.15, 0.2) is 17.3 Å². The number of nitrogens with zero attached hydrogens (tertiary/aromatic N) is 2. The summed E-state index contributed by atoms with van der Waals surface area (Å²) in [6, 6.07) is 0. The molecule has 1 aliphatic rings. The van der Waals surface area contributed by atoms with Gasteiger partial charge >= 0.3 is 5.97 Å². The lowest BCUT2D eigenvalue weighted by Gasteiger charge is -2.38. The van der Waals surface area contributed by atoms with Gasteiger partial charge in [-0.25, -0.2) is 4.99 Å². The number of hydrogen-bond donors (Lipinski definition) is 0. The summed E-state index contributed by atoms with van der Waals surface area (Å²) in [6.45, 7) is 8.24. The van der Waals surface area contributed by atoms with Gasteiger partial charge in [-0.15, -0.1) is 11.6 Å². The van der Waals surface area contributed by atoms with Crippen molar-refractivity contribution in [3.8, 4) is 0 Å². The highest BCUT2D eigenvalue weighted by molar-refractivity contribution is 6.18. The van der Waals surface area contributed by atoms with E-state index in [0.717, 1.165) is 5.84 Å². The van der Waals surface area contributed by atoms with Crippen LogP contribution in [0.2, 0.25) is 0 Å². The van der Waals surface area contributed by atoms with Crippen LogP contribution >= 0.6 is 11.6 Å². The SMILES string of the molecule is CC(=O)OC(CCl)N1CC=CN=C1C(C)(C)C. The molecule has 1 atom stereocenters. The molecule has 0 radical (unpaired) electrons. The van der Waals surface area contributed by atoms with Gasteiger partial charge in [-0.2, -0.15) is 0 Å². The Bertz CT molecular complexity index is 345. The number of rotatable bonds is 3. The monoisotopic (exact) mass is 258 g/mol. The van der Waals surface area contributed by atoms with Crippen LogP contribution in [-0.4, -0.2) is 35.4 Å². The maximum atomic E-state index is 11.0. The summed E-state index contributed by atoms with van der Waals surface area (Å²) < 4.78 is 5.20. The summed E-state index contributed by atoms with van der Waals surface area (Å²) in [4.78, 5) is 17.3. The van der Waals surface area contributed by atoms with Crippen molar-refractivity contribution in [3.63, 3.8) is 0 Å². The molecule has 1 unspecified atom stereocenters. The fourth-order valence-corrected chi connectivity index (χ4v) is 1.92. The van der Waals surface area contributed by atoms with Gasteiger partial charge in [0, 0.05) is 25.1 Å². The molecule has 1 aliphatic heterocycles. The lowest BCUT2D eigenvalue weighted by atomic mass is 9.93. The summed E-state index contributed by atoms with van der Waals surface area (Å²) in [6.07, 6.45) is 3.23. The molecule has 0 fully saturated rings. The molecule has 17 heavy (non-hydrogen) atoms. The summed E-state index contributed by atoms with van der Waals surface area (Å²) in [7, 11) is 0. The largest absolute Gasteiger partial charge is 0.440 e. The molecule has 0 N–H and O–H groups in total. The van der Waals surface area contributed by atoms with Crippen molar-refractivity contribution in [1.82, 2.24) is 4.90 Å². The zero-order valence-electron chi connectivity index (χ0n) is 10.7. The number of carbonyl (C=O) groups excluding carboxylic acids is 1. The summed E-state index contributed by atoms with van der Waals surface area (Å²) in [5.41, 5.74) is -0.116. The van der Waals surface area contributed by atoms with Crippen molar-refractivity contribution in [1.29, 1.82) is 0 Å². The molecule has 0 aromatic rings. The van der Waals surface area contributed by atoms with Crippen LogP contribution < -0.4 is 0 Å². The minimum absolute atomic E-state index is 0.116. The second-order valence-electron chi connectivity index (χ2n) is 4.96. The molecule has 1 heterocycles. The highest BCUT2D eigenvalue weighted by atomic mass is 35.5. The van der Waals surface area contributed by atoms with Crippen molar-refractivity contribution in [2.45, 2.75) is 33.9 Å². The van der Waals surface area contributed by atoms with Crippen LogP contribution in [0, 0.1) is 5.41 Å². The van der Waals surface area contributed by atoms with Crippen molar-refractivity contribution in [2.75, 3.05) is 12.4 Å². The van der Waals surface area contributed by atoms with E-state index in [9.17, 15) is 4.79 Å². The Morgan fingerprint density at radius 1 is 1.65 bits per heavy atom. The lowest BCUT2D eigenvalue weighted by Crippen LogP contribution is -2.49. The Morgan fingerprint density at radius 3 is 2.76 bits per heavy atom. The van der Waals surface area contributed by atoms with Gasteiger partial charge in [0.05, 0.1) is 5.88 Å². The first-order valence-corrected chi connectivity index (χ1v) is 6.13. The van der Waals surface area contributed by atoms with E-state index in [0.29, 0.717) is 6.54 Å². The van der Waals surface area contributed by atoms with E-state index < -0.39 is 6.23 Å². The molecule has 0 aromatic heterocycles. The Kier molecular flexibility index (Phi) is 4.57. The molecule has 0 aromatic carbocycles. The van der Waals surface area contributed by atoms with Crippen LogP contribution in [-0.2, 0) is 9.53 Å². The second-order valence-corrected chi connectivity index (χ2v) is 5.27. The first kappa shape index (κ1) is 14.0. The van der Waals surface area contributed by atoms with Crippen molar-refractivity contribution in [3.05, 3.63) is 12.3 Å². The molecule has 0 amide bonds. The number of amidine groups is 1. The summed E-state index contributed by atoms with van der Waals surface area (Å²) in [5.74, 6) is 0.771. The Hall–Kier alpha value is -1.03. The molecule has 0 saturated carbocycles. The normalized spacial score (nSPS) is 17.7. The first-order valence-electron chi connectivity index (χ1n) is 5.59. The fraction of sp³-hybridized carbons (Fsp3) is 0.667. The van der Waals surface area contributed by atoms with E-state index in [4.69, 9.17) is 16.3 Å². The van der Waals surface area contributed by atoms with Crippen LogP contribution in [0.4, 0.5) is 0 Å². The number of carbonyl (C=O) groups is 1. The van der Waals surface area contributed by atoms with Crippen molar-refractivity contribution in [2.24, 2.45) is 10.4 Å². The van der Waals surface area contributed by atoms with E-state index >= 15 is 0 Å². The number of halogens is 1. The van der Waals surface area contributed by atoms with Crippen LogP contribution in [0.1, 0.15) is 27.7 Å². The molecule has 96 valence electrons. The number of aliphatic imine (C=N–C) groups is 1. The Balaban J connectivity index is 2.91. The van der Waals surface area contributed by atoms with E-state index in [1.165, 1.54) is 6.92 Å².